The third-order valence-electron chi connectivity index (χ3n) is 12.9. The van der Waals surface area contributed by atoms with Crippen molar-refractivity contribution < 1.29 is 4.42 Å². The molecule has 0 aliphatic heterocycles. The predicted octanol–water partition coefficient (Wildman–Crippen LogP) is 15.5. The van der Waals surface area contributed by atoms with E-state index >= 15 is 0 Å². The number of aromatic nitrogens is 7. The number of hydrogen-bond donors (Lipinski definition) is 0. The van der Waals surface area contributed by atoms with Crippen molar-refractivity contribution in [1.82, 2.24) is 35.1 Å². The van der Waals surface area contributed by atoms with Crippen LogP contribution < -0.4 is 0 Å². The monoisotopic (exact) mass is 908 g/mol. The molecule has 5 aromatic heterocycles. The van der Waals surface area contributed by atoms with E-state index in [2.05, 4.69) is 77.6 Å². The standard InChI is InChI=1S/C62H36N8O/c1-63-59-52(46-34-32-44-48(38-20-8-2-9-21-38)36-50(40-24-12-4-13-25-40)64-54(44)56(46)66-53(59)42-28-16-6-17-29-42)61-69-70-62(71-61)58-47-35-33-45-49(39-22-10-3-11-23-39)37-51(41-26-14-5-15-27-41)65-55(45)57(47)67-60(68-58)43-30-18-7-19-31-43/h2-37H. The van der Waals surface area contributed by atoms with Gasteiger partial charge in [0.25, 0.3) is 5.89 Å². The van der Waals surface area contributed by atoms with Crippen LogP contribution in [0.1, 0.15) is 0 Å². The summed E-state index contributed by atoms with van der Waals surface area (Å²) in [7, 11) is 0. The van der Waals surface area contributed by atoms with E-state index in [1.165, 1.54) is 0 Å². The predicted molar refractivity (Wildman–Crippen MR) is 283 cm³/mol. The van der Waals surface area contributed by atoms with Gasteiger partial charge in [-0.2, -0.15) is 0 Å². The third kappa shape index (κ3) is 7.23. The molecule has 0 saturated carbocycles. The van der Waals surface area contributed by atoms with Gasteiger partial charge < -0.3 is 4.42 Å². The van der Waals surface area contributed by atoms with Crippen LogP contribution in [0.15, 0.2) is 223 Å². The smallest absolute Gasteiger partial charge is 0.267 e. The zero-order valence-corrected chi connectivity index (χ0v) is 37.8. The van der Waals surface area contributed by atoms with Gasteiger partial charge in [0.05, 0.1) is 45.8 Å². The minimum Gasteiger partial charge on any atom is -0.416 e. The van der Waals surface area contributed by atoms with E-state index in [1.54, 1.807) is 0 Å². The molecule has 71 heavy (non-hydrogen) atoms. The molecule has 13 rings (SSSR count). The van der Waals surface area contributed by atoms with Crippen LogP contribution in [0, 0.1) is 6.57 Å². The fourth-order valence-electron chi connectivity index (χ4n) is 9.53. The van der Waals surface area contributed by atoms with Crippen LogP contribution in [0.2, 0.25) is 0 Å². The van der Waals surface area contributed by atoms with Crippen molar-refractivity contribution in [2.75, 3.05) is 0 Å². The first kappa shape index (κ1) is 41.2. The highest BCUT2D eigenvalue weighted by atomic mass is 16.4. The average molecular weight is 909 g/mol. The molecule has 9 nitrogen and oxygen atoms in total. The van der Waals surface area contributed by atoms with Gasteiger partial charge in [-0.25, -0.2) is 24.8 Å². The largest absolute Gasteiger partial charge is 0.416 e. The van der Waals surface area contributed by atoms with Gasteiger partial charge in [0.15, 0.2) is 5.82 Å². The number of hydrogen-bond acceptors (Lipinski definition) is 8. The maximum absolute atomic E-state index is 8.74. The first-order valence-electron chi connectivity index (χ1n) is 23.2. The van der Waals surface area contributed by atoms with Crippen LogP contribution in [0.5, 0.6) is 0 Å². The van der Waals surface area contributed by atoms with Crippen molar-refractivity contribution in [2.45, 2.75) is 0 Å². The minimum absolute atomic E-state index is 0.141. The highest BCUT2D eigenvalue weighted by molar-refractivity contribution is 6.16. The first-order valence-corrected chi connectivity index (χ1v) is 23.2. The molecule has 0 unspecified atom stereocenters. The lowest BCUT2D eigenvalue weighted by Crippen LogP contribution is -1.98. The Balaban J connectivity index is 1.08. The van der Waals surface area contributed by atoms with Crippen LogP contribution in [0.4, 0.5) is 5.69 Å². The number of benzene rings is 8. The molecule has 0 atom stereocenters. The van der Waals surface area contributed by atoms with E-state index in [4.69, 9.17) is 46.1 Å². The summed E-state index contributed by atoms with van der Waals surface area (Å²) >= 11 is 0. The van der Waals surface area contributed by atoms with Gasteiger partial charge >= 0.3 is 0 Å². The lowest BCUT2D eigenvalue weighted by Gasteiger charge is -2.15. The molecular formula is C62H36N8O. The maximum Gasteiger partial charge on any atom is 0.267 e. The lowest BCUT2D eigenvalue weighted by molar-refractivity contribution is 0.583. The zero-order chi connectivity index (χ0) is 47.3. The van der Waals surface area contributed by atoms with Crippen LogP contribution in [0.25, 0.3) is 139 Å². The fraction of sp³-hybridized carbons (Fsp3) is 0. The highest BCUT2D eigenvalue weighted by Crippen LogP contribution is 2.46. The normalized spacial score (nSPS) is 11.4. The van der Waals surface area contributed by atoms with Gasteiger partial charge in [0.1, 0.15) is 11.2 Å². The molecule has 0 aliphatic rings. The lowest BCUT2D eigenvalue weighted by atomic mass is 9.95. The molecule has 0 N–H and O–H groups in total. The summed E-state index contributed by atoms with van der Waals surface area (Å²) in [4.78, 5) is 30.7. The molecular weight excluding hydrogens is 873 g/mol. The number of rotatable bonds is 8. The van der Waals surface area contributed by atoms with E-state index in [9.17, 15) is 0 Å². The van der Waals surface area contributed by atoms with Crippen LogP contribution in [-0.2, 0) is 0 Å². The summed E-state index contributed by atoms with van der Waals surface area (Å²) in [6.07, 6.45) is 0. The maximum atomic E-state index is 8.74. The second-order valence-corrected chi connectivity index (χ2v) is 17.1. The van der Waals surface area contributed by atoms with Gasteiger partial charge in [-0.1, -0.05) is 200 Å². The Morgan fingerprint density at radius 3 is 1.25 bits per heavy atom. The van der Waals surface area contributed by atoms with Gasteiger partial charge in [0, 0.05) is 38.2 Å². The van der Waals surface area contributed by atoms with Gasteiger partial charge in [-0.05, 0) is 46.0 Å². The quantitative estimate of drug-likeness (QED) is 0.110. The molecule has 5 heterocycles. The molecule has 8 aromatic carbocycles. The molecule has 0 spiro atoms. The summed E-state index contributed by atoms with van der Waals surface area (Å²) in [6, 6.07) is 72.9. The van der Waals surface area contributed by atoms with Gasteiger partial charge in [-0.3, -0.25) is 4.98 Å². The van der Waals surface area contributed by atoms with Crippen molar-refractivity contribution in [3.05, 3.63) is 230 Å². The van der Waals surface area contributed by atoms with Gasteiger partial charge in [-0.15, -0.1) is 10.2 Å². The molecule has 0 bridgehead atoms. The Hall–Kier alpha value is -10.0. The van der Waals surface area contributed by atoms with Crippen molar-refractivity contribution in [3.8, 4) is 90.5 Å². The van der Waals surface area contributed by atoms with Crippen molar-refractivity contribution >= 4 is 49.3 Å². The average Bonchev–Trinajstić information content (AvgIpc) is 3.95. The van der Waals surface area contributed by atoms with Crippen molar-refractivity contribution in [1.29, 1.82) is 0 Å². The Labute approximate surface area is 407 Å². The minimum atomic E-state index is 0.141. The van der Waals surface area contributed by atoms with Gasteiger partial charge in [0.2, 0.25) is 11.6 Å². The molecule has 0 aliphatic carbocycles. The number of nitrogens with zero attached hydrogens (tertiary/aromatic N) is 8. The third-order valence-corrected chi connectivity index (χ3v) is 12.9. The molecule has 9 heteroatoms. The molecule has 0 fully saturated rings. The van der Waals surface area contributed by atoms with E-state index in [0.717, 1.165) is 66.7 Å². The van der Waals surface area contributed by atoms with E-state index in [1.807, 2.05) is 146 Å². The summed E-state index contributed by atoms with van der Waals surface area (Å²) in [5.41, 5.74) is 13.5. The van der Waals surface area contributed by atoms with Crippen molar-refractivity contribution in [3.63, 3.8) is 0 Å². The molecule has 0 saturated heterocycles. The highest BCUT2D eigenvalue weighted by Gasteiger charge is 2.27. The Kier molecular flexibility index (Phi) is 10.00. The van der Waals surface area contributed by atoms with Crippen molar-refractivity contribution in [2.24, 2.45) is 0 Å². The van der Waals surface area contributed by atoms with Crippen LogP contribution in [-0.4, -0.2) is 35.1 Å². The van der Waals surface area contributed by atoms with E-state index in [0.29, 0.717) is 55.6 Å². The Morgan fingerprint density at radius 2 is 0.746 bits per heavy atom. The molecule has 330 valence electrons. The number of fused-ring (bicyclic) bond motifs is 6. The first-order chi connectivity index (χ1) is 35.2. The number of pyridine rings is 3. The molecule has 0 radical (unpaired) electrons. The topological polar surface area (TPSA) is 108 Å². The van der Waals surface area contributed by atoms with Crippen LogP contribution >= 0.6 is 0 Å². The summed E-state index contributed by atoms with van der Waals surface area (Å²) in [5, 5.41) is 12.7. The Morgan fingerprint density at radius 1 is 0.338 bits per heavy atom. The van der Waals surface area contributed by atoms with Crippen LogP contribution in [0.3, 0.4) is 0 Å². The molecule has 13 aromatic rings. The zero-order valence-electron chi connectivity index (χ0n) is 37.8. The Bertz CT molecular complexity index is 4200. The second kappa shape index (κ2) is 17.2. The SMILES string of the molecule is [C-]#[N+]c1c(-c2ccccc2)nc2c(ccc3c(-c4ccccc4)cc(-c4ccccc4)nc32)c1-c1nnc(-c2nc(-c3ccccc3)nc3c2ccc2c(-c4ccccc4)cc(-c4ccccc4)nc23)o1. The fourth-order valence-corrected chi connectivity index (χ4v) is 9.53. The van der Waals surface area contributed by atoms with E-state index in [-0.39, 0.29) is 17.5 Å². The molecule has 0 amide bonds. The second-order valence-electron chi connectivity index (χ2n) is 17.1. The summed E-state index contributed by atoms with van der Waals surface area (Å²) in [5.74, 6) is 0.768. The summed E-state index contributed by atoms with van der Waals surface area (Å²) in [6.45, 7) is 8.74. The van der Waals surface area contributed by atoms with E-state index < -0.39 is 0 Å². The summed E-state index contributed by atoms with van der Waals surface area (Å²) < 4.78 is 6.87.